The third-order valence-corrected chi connectivity index (χ3v) is 19.1. The van der Waals surface area contributed by atoms with E-state index in [9.17, 15) is 19.5 Å². The summed E-state index contributed by atoms with van der Waals surface area (Å²) in [7, 11) is 5.96. The fourth-order valence-electron chi connectivity index (χ4n) is 12.8. The van der Waals surface area contributed by atoms with Gasteiger partial charge in [-0.3, -0.25) is 9.59 Å². The van der Waals surface area contributed by atoms with Crippen molar-refractivity contribution in [3.63, 3.8) is 0 Å². The highest BCUT2D eigenvalue weighted by Crippen LogP contribution is 2.20. The largest absolute Gasteiger partial charge is 0.545 e. The van der Waals surface area contributed by atoms with Crippen molar-refractivity contribution >= 4 is 17.9 Å². The highest BCUT2D eigenvalue weighted by molar-refractivity contribution is 5.70. The number of carboxylic acid groups (broad SMARTS) is 1. The van der Waals surface area contributed by atoms with Crippen LogP contribution in [0.1, 0.15) is 431 Å². The Morgan fingerprint density at radius 2 is 0.574 bits per heavy atom. The molecule has 0 N–H and O–H groups in total. The van der Waals surface area contributed by atoms with Crippen molar-refractivity contribution in [2.24, 2.45) is 0 Å². The molecule has 2 atom stereocenters. The van der Waals surface area contributed by atoms with Gasteiger partial charge in [0, 0.05) is 12.8 Å². The Kier molecular flexibility index (Phi) is 74.2. The maximum atomic E-state index is 13.0. The van der Waals surface area contributed by atoms with E-state index < -0.39 is 24.3 Å². The van der Waals surface area contributed by atoms with Crippen LogP contribution in [0.3, 0.4) is 0 Å². The van der Waals surface area contributed by atoms with Crippen LogP contribution < -0.4 is 5.11 Å². The van der Waals surface area contributed by atoms with Crippen molar-refractivity contribution in [1.82, 2.24) is 0 Å². The number of allylic oxidation sites excluding steroid dienone is 6. The Morgan fingerprint density at radius 1 is 0.319 bits per heavy atom. The number of carbonyl (C=O) groups excluding carboxylic acids is 3. The third-order valence-electron chi connectivity index (χ3n) is 19.1. The topological polar surface area (TPSA) is 111 Å². The summed E-state index contributed by atoms with van der Waals surface area (Å²) >= 11 is 0. The second kappa shape index (κ2) is 76.3. The number of ether oxygens (including phenoxy) is 4. The van der Waals surface area contributed by atoms with Crippen LogP contribution in [0.25, 0.3) is 0 Å². The first-order valence-corrected chi connectivity index (χ1v) is 41.6. The molecule has 0 saturated carbocycles. The van der Waals surface area contributed by atoms with Crippen LogP contribution in [0.2, 0.25) is 0 Å². The number of hydrogen-bond donors (Lipinski definition) is 0. The number of esters is 2. The van der Waals surface area contributed by atoms with Crippen LogP contribution >= 0.6 is 0 Å². The molecular weight excluding hydrogens is 1160 g/mol. The van der Waals surface area contributed by atoms with Gasteiger partial charge in [-0.1, -0.05) is 403 Å². The van der Waals surface area contributed by atoms with Crippen molar-refractivity contribution in [3.05, 3.63) is 36.5 Å². The van der Waals surface area contributed by atoms with Crippen LogP contribution in [0.15, 0.2) is 36.5 Å². The van der Waals surface area contributed by atoms with Gasteiger partial charge in [-0.15, -0.1) is 0 Å². The Bertz CT molecular complexity index is 1640. The molecule has 0 aromatic rings. The number of hydrogen-bond acceptors (Lipinski definition) is 8. The minimum absolute atomic E-state index is 0.152. The van der Waals surface area contributed by atoms with Gasteiger partial charge in [0.1, 0.15) is 13.2 Å². The molecule has 0 bridgehead atoms. The van der Waals surface area contributed by atoms with Gasteiger partial charge in [-0.25, -0.2) is 0 Å². The molecule has 0 aromatic carbocycles. The van der Waals surface area contributed by atoms with Crippen molar-refractivity contribution in [1.29, 1.82) is 0 Å². The zero-order valence-electron chi connectivity index (χ0n) is 63.6. The number of rotatable bonds is 79. The van der Waals surface area contributed by atoms with Gasteiger partial charge >= 0.3 is 11.9 Å². The lowest BCUT2D eigenvalue weighted by molar-refractivity contribution is -0.870. The van der Waals surface area contributed by atoms with Gasteiger partial charge < -0.3 is 33.3 Å². The van der Waals surface area contributed by atoms with E-state index in [-0.39, 0.29) is 32.2 Å². The van der Waals surface area contributed by atoms with E-state index in [0.717, 1.165) is 51.4 Å². The fourth-order valence-corrected chi connectivity index (χ4v) is 12.8. The minimum atomic E-state index is -1.62. The second-order valence-corrected chi connectivity index (χ2v) is 29.8. The fraction of sp³-hybridized carbons (Fsp3) is 0.894. The van der Waals surface area contributed by atoms with Gasteiger partial charge in [0.15, 0.2) is 12.4 Å². The Morgan fingerprint density at radius 3 is 0.851 bits per heavy atom. The van der Waals surface area contributed by atoms with Crippen molar-refractivity contribution < 1.29 is 42.9 Å². The summed E-state index contributed by atoms with van der Waals surface area (Å²) in [4.78, 5) is 37.6. The van der Waals surface area contributed by atoms with Crippen LogP contribution in [0.5, 0.6) is 0 Å². The summed E-state index contributed by atoms with van der Waals surface area (Å²) in [6.45, 7) is 4.83. The summed E-state index contributed by atoms with van der Waals surface area (Å²) in [6, 6.07) is 0. The molecule has 0 radical (unpaired) electrons. The Labute approximate surface area is 585 Å². The zero-order valence-corrected chi connectivity index (χ0v) is 63.6. The maximum absolute atomic E-state index is 13.0. The minimum Gasteiger partial charge on any atom is -0.545 e. The summed E-state index contributed by atoms with van der Waals surface area (Å²) in [5, 5.41) is 11.9. The summed E-state index contributed by atoms with van der Waals surface area (Å²) in [5.41, 5.74) is 0. The molecule has 0 fully saturated rings. The van der Waals surface area contributed by atoms with E-state index in [1.54, 1.807) is 0 Å². The average Bonchev–Trinajstić information content (AvgIpc) is 3.42. The molecule has 2 unspecified atom stereocenters. The number of quaternary nitrogens is 1. The summed E-state index contributed by atoms with van der Waals surface area (Å²) in [5.74, 6) is -2.24. The molecule has 0 aliphatic rings. The van der Waals surface area contributed by atoms with E-state index in [1.165, 1.54) is 353 Å². The van der Waals surface area contributed by atoms with Gasteiger partial charge in [-0.2, -0.15) is 0 Å². The SMILES string of the molecule is CCCCCCC/C=C\C/C=C\C/C=C\CCCCCCCCCCCCCCCCCCCCCCCCCCCCC(=O)OC(COC(=O)CCCCCCCCCCCCCCCCCCCCCCCCCCCCCC)COC(OCC[N+](C)(C)C)C(=O)[O-]. The number of nitrogens with zero attached hydrogens (tertiary/aromatic N) is 1. The molecule has 9 heteroatoms. The number of likely N-dealkylation sites (N-methyl/N-ethyl adjacent to an activating group) is 1. The molecule has 0 spiro atoms. The smallest absolute Gasteiger partial charge is 0.306 e. The van der Waals surface area contributed by atoms with E-state index >= 15 is 0 Å². The van der Waals surface area contributed by atoms with E-state index in [0.29, 0.717) is 17.4 Å². The number of unbranched alkanes of at least 4 members (excludes halogenated alkanes) is 58. The van der Waals surface area contributed by atoms with Gasteiger partial charge in [0.05, 0.1) is 40.3 Å². The summed E-state index contributed by atoms with van der Waals surface area (Å²) in [6.07, 6.45) is 95.8. The first kappa shape index (κ1) is 91.5. The molecule has 94 heavy (non-hydrogen) atoms. The number of carboxylic acids is 1. The molecule has 0 rings (SSSR count). The van der Waals surface area contributed by atoms with E-state index in [4.69, 9.17) is 18.9 Å². The standard InChI is InChI=1S/C85H161NO8/c1-6-8-10-12-14-16-18-20-22-24-26-28-30-32-34-36-37-38-39-40-41-42-43-44-45-46-47-48-50-52-54-56-58-60-62-64-66-68-70-72-74-76-83(88)94-81(80-93-85(84(89)90)91-78-77-86(3,4)5)79-92-82(87)75-73-71-69-67-65-63-61-59-57-55-53-51-49-35-33-31-29-27-25-23-21-19-17-15-13-11-9-7-2/h18,20,24,26,30,32,81,85H,6-17,19,21-23,25,27-29,31,33-80H2,1-5H3/b20-18-,26-24-,32-30-. The van der Waals surface area contributed by atoms with Crippen molar-refractivity contribution in [3.8, 4) is 0 Å². The molecular formula is C85H161NO8. The monoisotopic (exact) mass is 1320 g/mol. The predicted octanol–water partition coefficient (Wildman–Crippen LogP) is 25.3. The zero-order chi connectivity index (χ0) is 68.2. The Hall–Kier alpha value is -2.49. The quantitative estimate of drug-likeness (QED) is 0.0195. The molecule has 554 valence electrons. The highest BCUT2D eigenvalue weighted by Gasteiger charge is 2.22. The van der Waals surface area contributed by atoms with Crippen LogP contribution in [0.4, 0.5) is 0 Å². The van der Waals surface area contributed by atoms with Crippen molar-refractivity contribution in [2.45, 2.75) is 444 Å². The van der Waals surface area contributed by atoms with E-state index in [1.807, 2.05) is 21.1 Å². The third kappa shape index (κ3) is 76.9. The lowest BCUT2D eigenvalue weighted by Crippen LogP contribution is -2.44. The molecule has 9 nitrogen and oxygen atoms in total. The average molecular weight is 1330 g/mol. The van der Waals surface area contributed by atoms with E-state index in [2.05, 4.69) is 50.3 Å². The van der Waals surface area contributed by atoms with Gasteiger partial charge in [0.25, 0.3) is 0 Å². The maximum Gasteiger partial charge on any atom is 0.306 e. The second-order valence-electron chi connectivity index (χ2n) is 29.8. The first-order valence-electron chi connectivity index (χ1n) is 41.6. The molecule has 0 amide bonds. The predicted molar refractivity (Wildman–Crippen MR) is 403 cm³/mol. The molecule has 0 saturated heterocycles. The van der Waals surface area contributed by atoms with Crippen molar-refractivity contribution in [2.75, 3.05) is 47.5 Å². The Balaban J connectivity index is 3.92. The lowest BCUT2D eigenvalue weighted by Gasteiger charge is -2.26. The molecule has 0 aliphatic heterocycles. The molecule has 0 aromatic heterocycles. The number of aliphatic carboxylic acids is 1. The summed E-state index contributed by atoms with van der Waals surface area (Å²) < 4.78 is 22.9. The van der Waals surface area contributed by atoms with Crippen LogP contribution in [0, 0.1) is 0 Å². The number of carbonyl (C=O) groups is 3. The first-order chi connectivity index (χ1) is 46.1. The van der Waals surface area contributed by atoms with Crippen LogP contribution in [-0.4, -0.2) is 82.3 Å². The van der Waals surface area contributed by atoms with Gasteiger partial charge in [-0.05, 0) is 51.4 Å². The molecule has 0 heterocycles. The van der Waals surface area contributed by atoms with Crippen LogP contribution in [-0.2, 0) is 33.3 Å². The lowest BCUT2D eigenvalue weighted by atomic mass is 10.0. The molecule has 0 aliphatic carbocycles. The van der Waals surface area contributed by atoms with Gasteiger partial charge in [0.2, 0.25) is 0 Å². The normalized spacial score (nSPS) is 12.7. The highest BCUT2D eigenvalue weighted by atomic mass is 16.7.